The van der Waals surface area contributed by atoms with Crippen molar-refractivity contribution in [3.63, 3.8) is 0 Å². The first-order valence-corrected chi connectivity index (χ1v) is 16.1. The van der Waals surface area contributed by atoms with Gasteiger partial charge in [-0.05, 0) is 41.8 Å². The molecule has 11 aromatic rings. The fourth-order valence-corrected chi connectivity index (χ4v) is 8.10. The molecule has 0 N–H and O–H groups in total. The van der Waals surface area contributed by atoms with Crippen LogP contribution in [0.1, 0.15) is 5.56 Å². The van der Waals surface area contributed by atoms with Gasteiger partial charge in [0.1, 0.15) is 0 Å². The predicted octanol–water partition coefficient (Wildman–Crippen LogP) is 10.6. The van der Waals surface area contributed by atoms with Gasteiger partial charge in [0.15, 0.2) is 0 Å². The Bertz CT molecular complexity index is 3190. The molecule has 4 aromatic heterocycles. The third-order valence-electron chi connectivity index (χ3n) is 10.0. The van der Waals surface area contributed by atoms with Gasteiger partial charge in [-0.15, -0.1) is 0 Å². The SMILES string of the molecule is N#Cc1cccc(-c2nc(-n3c4ccccc4c4c5c6ccc7ccccc7c6n6c7ccccc7c(cc43)c56)nc3ccccc23)c1. The van der Waals surface area contributed by atoms with Crippen molar-refractivity contribution in [1.29, 1.82) is 5.26 Å². The Balaban J connectivity index is 1.37. The molecule has 48 heavy (non-hydrogen) atoms. The van der Waals surface area contributed by atoms with Crippen LogP contribution in [-0.2, 0) is 0 Å². The molecular weight excluding hydrogens is 587 g/mol. The summed E-state index contributed by atoms with van der Waals surface area (Å²) in [4.78, 5) is 10.5. The highest BCUT2D eigenvalue weighted by atomic mass is 15.2. The lowest BCUT2D eigenvalue weighted by Crippen LogP contribution is -2.03. The van der Waals surface area contributed by atoms with E-state index in [-0.39, 0.29) is 0 Å². The van der Waals surface area contributed by atoms with Gasteiger partial charge in [0, 0.05) is 48.7 Å². The van der Waals surface area contributed by atoms with E-state index in [1.807, 2.05) is 42.5 Å². The Morgan fingerprint density at radius 3 is 2.12 bits per heavy atom. The average Bonchev–Trinajstić information content (AvgIpc) is 3.79. The molecule has 0 amide bonds. The first-order chi connectivity index (χ1) is 23.8. The molecule has 0 bridgehead atoms. The number of nitriles is 1. The first-order valence-electron chi connectivity index (χ1n) is 16.1. The first kappa shape index (κ1) is 25.4. The summed E-state index contributed by atoms with van der Waals surface area (Å²) in [7, 11) is 0. The molecule has 11 rings (SSSR count). The van der Waals surface area contributed by atoms with Crippen molar-refractivity contribution < 1.29 is 0 Å². The van der Waals surface area contributed by atoms with E-state index in [0.717, 1.165) is 38.6 Å². The van der Waals surface area contributed by atoms with Crippen molar-refractivity contribution in [2.45, 2.75) is 0 Å². The average molecular weight is 610 g/mol. The smallest absolute Gasteiger partial charge is 0.235 e. The summed E-state index contributed by atoms with van der Waals surface area (Å²) >= 11 is 0. The molecule has 0 saturated heterocycles. The van der Waals surface area contributed by atoms with Crippen LogP contribution in [-0.4, -0.2) is 18.9 Å². The molecule has 220 valence electrons. The molecule has 0 fully saturated rings. The second-order valence-electron chi connectivity index (χ2n) is 12.5. The highest BCUT2D eigenvalue weighted by molar-refractivity contribution is 6.37. The summed E-state index contributed by atoms with van der Waals surface area (Å²) in [5.41, 5.74) is 8.94. The Morgan fingerprint density at radius 2 is 1.25 bits per heavy atom. The van der Waals surface area contributed by atoms with Crippen molar-refractivity contribution >= 4 is 81.6 Å². The standard InChI is InChI=1S/C43H23N5/c44-24-25-10-9-12-27(22-25)40-30-15-3-6-17-34(30)45-43(46-40)47-36-19-8-5-16-31(36)38-37(47)23-33-29-14-4-7-18-35(29)48-41-28-13-2-1-11-26(28)20-21-32(41)39(38)42(33)48/h1-23H. The van der Waals surface area contributed by atoms with E-state index in [9.17, 15) is 5.26 Å². The number of aromatic nitrogens is 4. The van der Waals surface area contributed by atoms with Gasteiger partial charge in [-0.3, -0.25) is 4.57 Å². The van der Waals surface area contributed by atoms with Gasteiger partial charge in [0.2, 0.25) is 5.95 Å². The summed E-state index contributed by atoms with van der Waals surface area (Å²) in [5, 5.41) is 20.4. The van der Waals surface area contributed by atoms with Crippen LogP contribution >= 0.6 is 0 Å². The number of nitrogens with zero attached hydrogens (tertiary/aromatic N) is 5. The largest absolute Gasteiger partial charge is 0.307 e. The van der Waals surface area contributed by atoms with Crippen LogP contribution in [0.15, 0.2) is 140 Å². The maximum atomic E-state index is 9.70. The number of benzene rings is 7. The number of rotatable bonds is 2. The molecule has 0 spiro atoms. The quantitative estimate of drug-likeness (QED) is 0.196. The Kier molecular flexibility index (Phi) is 4.85. The highest BCUT2D eigenvalue weighted by Gasteiger charge is 2.26. The zero-order chi connectivity index (χ0) is 31.5. The minimum Gasteiger partial charge on any atom is -0.307 e. The van der Waals surface area contributed by atoms with Gasteiger partial charge < -0.3 is 4.40 Å². The maximum absolute atomic E-state index is 9.70. The zero-order valence-corrected chi connectivity index (χ0v) is 25.5. The second-order valence-corrected chi connectivity index (χ2v) is 12.5. The minimum absolute atomic E-state index is 0.599. The molecule has 0 atom stereocenters. The van der Waals surface area contributed by atoms with Crippen LogP contribution in [0.5, 0.6) is 0 Å². The van der Waals surface area contributed by atoms with Crippen LogP contribution in [0.25, 0.3) is 98.8 Å². The summed E-state index contributed by atoms with van der Waals surface area (Å²) < 4.78 is 4.71. The maximum Gasteiger partial charge on any atom is 0.235 e. The Morgan fingerprint density at radius 1 is 0.500 bits per heavy atom. The van der Waals surface area contributed by atoms with E-state index in [4.69, 9.17) is 9.97 Å². The molecule has 0 unspecified atom stereocenters. The van der Waals surface area contributed by atoms with E-state index >= 15 is 0 Å². The summed E-state index contributed by atoms with van der Waals surface area (Å²) in [6, 6.07) is 51.0. The van der Waals surface area contributed by atoms with Gasteiger partial charge in [0.05, 0.1) is 50.4 Å². The molecule has 0 saturated carbocycles. The van der Waals surface area contributed by atoms with E-state index in [2.05, 4.69) is 112 Å². The summed E-state index contributed by atoms with van der Waals surface area (Å²) in [6.45, 7) is 0. The number of para-hydroxylation sites is 3. The number of fused-ring (bicyclic) bond motifs is 13. The van der Waals surface area contributed by atoms with Crippen LogP contribution in [0, 0.1) is 11.3 Å². The van der Waals surface area contributed by atoms with E-state index in [1.54, 1.807) is 0 Å². The van der Waals surface area contributed by atoms with Crippen molar-refractivity contribution in [2.24, 2.45) is 0 Å². The van der Waals surface area contributed by atoms with E-state index < -0.39 is 0 Å². The summed E-state index contributed by atoms with van der Waals surface area (Å²) in [5.74, 6) is 0.601. The summed E-state index contributed by atoms with van der Waals surface area (Å²) in [6.07, 6.45) is 0. The van der Waals surface area contributed by atoms with Gasteiger partial charge in [-0.2, -0.15) is 5.26 Å². The fourth-order valence-electron chi connectivity index (χ4n) is 8.10. The minimum atomic E-state index is 0.599. The lowest BCUT2D eigenvalue weighted by Gasteiger charge is -2.12. The molecule has 0 aliphatic carbocycles. The van der Waals surface area contributed by atoms with E-state index in [0.29, 0.717) is 11.5 Å². The third kappa shape index (κ3) is 3.18. The molecule has 5 heteroatoms. The molecule has 4 heterocycles. The molecule has 0 radical (unpaired) electrons. The van der Waals surface area contributed by atoms with Gasteiger partial charge in [-0.25, -0.2) is 9.97 Å². The van der Waals surface area contributed by atoms with Crippen LogP contribution in [0.3, 0.4) is 0 Å². The molecular formula is C43H23N5. The van der Waals surface area contributed by atoms with Crippen molar-refractivity contribution in [1.82, 2.24) is 18.9 Å². The molecule has 0 aliphatic heterocycles. The van der Waals surface area contributed by atoms with Gasteiger partial charge in [0.25, 0.3) is 0 Å². The predicted molar refractivity (Wildman–Crippen MR) is 196 cm³/mol. The highest BCUT2D eigenvalue weighted by Crippen LogP contribution is 2.47. The monoisotopic (exact) mass is 609 g/mol. The fraction of sp³-hybridized carbons (Fsp3) is 0. The van der Waals surface area contributed by atoms with Gasteiger partial charge in [-0.1, -0.05) is 103 Å². The van der Waals surface area contributed by atoms with Gasteiger partial charge >= 0.3 is 0 Å². The molecule has 7 aromatic carbocycles. The zero-order valence-electron chi connectivity index (χ0n) is 25.5. The van der Waals surface area contributed by atoms with Crippen molar-refractivity contribution in [2.75, 3.05) is 0 Å². The van der Waals surface area contributed by atoms with Crippen LogP contribution in [0.2, 0.25) is 0 Å². The lowest BCUT2D eigenvalue weighted by atomic mass is 10.00. The van der Waals surface area contributed by atoms with Crippen LogP contribution < -0.4 is 0 Å². The number of hydrogen-bond acceptors (Lipinski definition) is 3. The number of hydrogen-bond donors (Lipinski definition) is 0. The lowest BCUT2D eigenvalue weighted by molar-refractivity contribution is 1.01. The Hall–Kier alpha value is -6.77. The normalized spacial score (nSPS) is 12.1. The third-order valence-corrected chi connectivity index (χ3v) is 10.0. The molecule has 5 nitrogen and oxygen atoms in total. The van der Waals surface area contributed by atoms with E-state index in [1.165, 1.54) is 54.3 Å². The Labute approximate surface area is 273 Å². The van der Waals surface area contributed by atoms with Crippen molar-refractivity contribution in [3.05, 3.63) is 145 Å². The topological polar surface area (TPSA) is 58.9 Å². The van der Waals surface area contributed by atoms with Crippen LogP contribution in [0.4, 0.5) is 0 Å². The van der Waals surface area contributed by atoms with Crippen molar-refractivity contribution in [3.8, 4) is 23.3 Å². The molecule has 0 aliphatic rings. The second kappa shape index (κ2) is 9.16.